The summed E-state index contributed by atoms with van der Waals surface area (Å²) in [4.78, 5) is 0. The molecule has 0 spiro atoms. The molecule has 0 aliphatic carbocycles. The molecule has 0 aliphatic heterocycles. The highest BCUT2D eigenvalue weighted by atomic mass is 14.8. The predicted octanol–water partition coefficient (Wildman–Crippen LogP) is 2.41. The lowest BCUT2D eigenvalue weighted by molar-refractivity contribution is 0.636. The average molecular weight is 184 g/mol. The molecule has 78 valence electrons. The zero-order chi connectivity index (χ0) is 9.78. The largest absolute Gasteiger partial charge is 0.390 e. The predicted molar refractivity (Wildman–Crippen MR) is 59.6 cm³/mol. The third kappa shape index (κ3) is 11.5. The minimum absolute atomic E-state index is 0.709. The number of nitrogens with one attached hydrogen (secondary N) is 1. The highest BCUT2D eigenvalue weighted by molar-refractivity contribution is 4.79. The maximum Gasteiger partial charge on any atom is 0.0264 e. The van der Waals surface area contributed by atoms with Crippen LogP contribution in [0.3, 0.4) is 0 Å². The molecule has 0 aromatic carbocycles. The summed E-state index contributed by atoms with van der Waals surface area (Å²) >= 11 is 0. The molecule has 0 radical (unpaired) electrons. The van der Waals surface area contributed by atoms with Crippen LogP contribution in [0, 0.1) is 0 Å². The molecule has 2 nitrogen and oxygen atoms in total. The van der Waals surface area contributed by atoms with Gasteiger partial charge in [-0.05, 0) is 19.0 Å². The van der Waals surface area contributed by atoms with E-state index in [2.05, 4.69) is 18.3 Å². The van der Waals surface area contributed by atoms with E-state index in [1.54, 1.807) is 0 Å². The Labute approximate surface area is 82.6 Å². The first-order valence-electron chi connectivity index (χ1n) is 5.50. The molecule has 0 heterocycles. The summed E-state index contributed by atoms with van der Waals surface area (Å²) < 4.78 is 0. The molecule has 0 aromatic rings. The summed E-state index contributed by atoms with van der Waals surface area (Å²) in [6.07, 6.45) is 12.2. The first-order chi connectivity index (χ1) is 6.41. The molecular weight excluding hydrogens is 160 g/mol. The average Bonchev–Trinajstić information content (AvgIpc) is 2.16. The van der Waals surface area contributed by atoms with E-state index >= 15 is 0 Å². The van der Waals surface area contributed by atoms with Crippen molar-refractivity contribution >= 4 is 0 Å². The molecule has 0 saturated carbocycles. The Morgan fingerprint density at radius 2 is 1.92 bits per heavy atom. The van der Waals surface area contributed by atoms with E-state index in [9.17, 15) is 0 Å². The SMILES string of the molecule is CCCCCCC/C=C/NCCN. The van der Waals surface area contributed by atoms with E-state index in [0.717, 1.165) is 6.54 Å². The van der Waals surface area contributed by atoms with E-state index in [1.165, 1.54) is 38.5 Å². The van der Waals surface area contributed by atoms with Crippen LogP contribution in [0.25, 0.3) is 0 Å². The van der Waals surface area contributed by atoms with Crippen LogP contribution in [0.4, 0.5) is 0 Å². The maximum absolute atomic E-state index is 5.33. The Hall–Kier alpha value is -0.500. The zero-order valence-electron chi connectivity index (χ0n) is 8.89. The van der Waals surface area contributed by atoms with E-state index in [-0.39, 0.29) is 0 Å². The van der Waals surface area contributed by atoms with Gasteiger partial charge < -0.3 is 11.1 Å². The first kappa shape index (κ1) is 12.5. The lowest BCUT2D eigenvalue weighted by Crippen LogP contribution is -2.16. The van der Waals surface area contributed by atoms with Gasteiger partial charge in [0.1, 0.15) is 0 Å². The minimum Gasteiger partial charge on any atom is -0.390 e. The molecule has 0 aromatic heterocycles. The molecular formula is C11H24N2. The van der Waals surface area contributed by atoms with Crippen molar-refractivity contribution in [3.8, 4) is 0 Å². The number of unbranched alkanes of at least 4 members (excludes halogenated alkanes) is 5. The van der Waals surface area contributed by atoms with E-state index < -0.39 is 0 Å². The molecule has 0 fully saturated rings. The fourth-order valence-corrected chi connectivity index (χ4v) is 1.20. The Balaban J connectivity index is 2.93. The van der Waals surface area contributed by atoms with Crippen LogP contribution in [0.15, 0.2) is 12.3 Å². The summed E-state index contributed by atoms with van der Waals surface area (Å²) in [5.41, 5.74) is 5.33. The Bertz CT molecular complexity index is 111. The van der Waals surface area contributed by atoms with Crippen LogP contribution in [0.2, 0.25) is 0 Å². The summed E-state index contributed by atoms with van der Waals surface area (Å²) in [7, 11) is 0. The van der Waals surface area contributed by atoms with Crippen molar-refractivity contribution < 1.29 is 0 Å². The normalized spacial score (nSPS) is 10.9. The lowest BCUT2D eigenvalue weighted by atomic mass is 10.1. The third-order valence-electron chi connectivity index (χ3n) is 2.00. The lowest BCUT2D eigenvalue weighted by Gasteiger charge is -1.97. The van der Waals surface area contributed by atoms with Crippen LogP contribution >= 0.6 is 0 Å². The highest BCUT2D eigenvalue weighted by Crippen LogP contribution is 2.04. The van der Waals surface area contributed by atoms with Crippen LogP contribution in [0.5, 0.6) is 0 Å². The number of hydrogen-bond donors (Lipinski definition) is 2. The second-order valence-electron chi connectivity index (χ2n) is 3.35. The van der Waals surface area contributed by atoms with Gasteiger partial charge in [0.2, 0.25) is 0 Å². The number of allylic oxidation sites excluding steroid dienone is 1. The summed E-state index contributed by atoms with van der Waals surface area (Å²) in [5.74, 6) is 0. The van der Waals surface area contributed by atoms with Crippen LogP contribution in [-0.4, -0.2) is 13.1 Å². The van der Waals surface area contributed by atoms with Crippen molar-refractivity contribution in [1.82, 2.24) is 5.32 Å². The van der Waals surface area contributed by atoms with Gasteiger partial charge in [-0.15, -0.1) is 0 Å². The number of nitrogens with two attached hydrogens (primary N) is 1. The third-order valence-corrected chi connectivity index (χ3v) is 2.00. The first-order valence-corrected chi connectivity index (χ1v) is 5.50. The maximum atomic E-state index is 5.33. The van der Waals surface area contributed by atoms with Crippen LogP contribution < -0.4 is 11.1 Å². The number of hydrogen-bond acceptors (Lipinski definition) is 2. The van der Waals surface area contributed by atoms with Crippen LogP contribution in [0.1, 0.15) is 45.4 Å². The van der Waals surface area contributed by atoms with Gasteiger partial charge in [0.15, 0.2) is 0 Å². The molecule has 0 atom stereocenters. The Morgan fingerprint density at radius 1 is 1.15 bits per heavy atom. The van der Waals surface area contributed by atoms with E-state index in [1.807, 2.05) is 6.20 Å². The van der Waals surface area contributed by atoms with Crippen molar-refractivity contribution in [2.24, 2.45) is 5.73 Å². The second-order valence-corrected chi connectivity index (χ2v) is 3.35. The molecule has 0 unspecified atom stereocenters. The van der Waals surface area contributed by atoms with Gasteiger partial charge in [0, 0.05) is 13.1 Å². The van der Waals surface area contributed by atoms with Gasteiger partial charge in [-0.25, -0.2) is 0 Å². The van der Waals surface area contributed by atoms with E-state index in [4.69, 9.17) is 5.73 Å². The van der Waals surface area contributed by atoms with Crippen LogP contribution in [-0.2, 0) is 0 Å². The van der Waals surface area contributed by atoms with Gasteiger partial charge in [-0.1, -0.05) is 38.7 Å². The van der Waals surface area contributed by atoms with Gasteiger partial charge in [0.25, 0.3) is 0 Å². The summed E-state index contributed by atoms with van der Waals surface area (Å²) in [6.45, 7) is 3.84. The topological polar surface area (TPSA) is 38.0 Å². The molecule has 3 N–H and O–H groups in total. The molecule has 0 aliphatic rings. The van der Waals surface area contributed by atoms with Crippen molar-refractivity contribution in [1.29, 1.82) is 0 Å². The molecule has 0 amide bonds. The molecule has 0 saturated heterocycles. The molecule has 0 rings (SSSR count). The molecule has 0 bridgehead atoms. The van der Waals surface area contributed by atoms with Crippen molar-refractivity contribution in [2.45, 2.75) is 45.4 Å². The fourth-order valence-electron chi connectivity index (χ4n) is 1.20. The van der Waals surface area contributed by atoms with Gasteiger partial charge in [0.05, 0.1) is 0 Å². The van der Waals surface area contributed by atoms with E-state index in [0.29, 0.717) is 6.54 Å². The second kappa shape index (κ2) is 11.5. The number of rotatable bonds is 9. The highest BCUT2D eigenvalue weighted by Gasteiger charge is 1.85. The summed E-state index contributed by atoms with van der Waals surface area (Å²) in [5, 5.41) is 3.13. The molecule has 13 heavy (non-hydrogen) atoms. The Morgan fingerprint density at radius 3 is 2.62 bits per heavy atom. The van der Waals surface area contributed by atoms with Crippen molar-refractivity contribution in [3.63, 3.8) is 0 Å². The Kier molecular flexibility index (Phi) is 11.1. The monoisotopic (exact) mass is 184 g/mol. The standard InChI is InChI=1S/C11H24N2/c1-2-3-4-5-6-7-8-10-13-11-9-12/h8,10,13H,2-7,9,11-12H2,1H3/b10-8+. The fraction of sp³-hybridized carbons (Fsp3) is 0.818. The van der Waals surface area contributed by atoms with Gasteiger partial charge >= 0.3 is 0 Å². The smallest absolute Gasteiger partial charge is 0.0264 e. The minimum atomic E-state index is 0.709. The zero-order valence-corrected chi connectivity index (χ0v) is 8.89. The van der Waals surface area contributed by atoms with Gasteiger partial charge in [-0.2, -0.15) is 0 Å². The van der Waals surface area contributed by atoms with Crippen molar-refractivity contribution in [2.75, 3.05) is 13.1 Å². The quantitative estimate of drug-likeness (QED) is 0.540. The van der Waals surface area contributed by atoms with Gasteiger partial charge in [-0.3, -0.25) is 0 Å². The molecule has 2 heteroatoms. The summed E-state index contributed by atoms with van der Waals surface area (Å²) in [6, 6.07) is 0. The van der Waals surface area contributed by atoms with Crippen molar-refractivity contribution in [3.05, 3.63) is 12.3 Å².